The molecule has 3 N–H and O–H groups in total. The third kappa shape index (κ3) is 2.67. The first-order chi connectivity index (χ1) is 9.95. The quantitative estimate of drug-likeness (QED) is 0.853. The Labute approximate surface area is 123 Å². The lowest BCUT2D eigenvalue weighted by Crippen LogP contribution is -2.13. The lowest BCUT2D eigenvalue weighted by molar-refractivity contribution is 0.356. The highest BCUT2D eigenvalue weighted by molar-refractivity contribution is 7.92. The van der Waals surface area contributed by atoms with E-state index in [1.165, 1.54) is 0 Å². The van der Waals surface area contributed by atoms with E-state index in [0.29, 0.717) is 18.0 Å². The molecule has 0 saturated carbocycles. The number of nitrogens with two attached hydrogens (primary N) is 1. The molecule has 2 aromatic carbocycles. The van der Waals surface area contributed by atoms with Crippen LogP contribution in [0.3, 0.4) is 0 Å². The van der Waals surface area contributed by atoms with Crippen molar-refractivity contribution in [3.63, 3.8) is 0 Å². The van der Waals surface area contributed by atoms with E-state index in [4.69, 9.17) is 10.5 Å². The van der Waals surface area contributed by atoms with Gasteiger partial charge < -0.3 is 10.5 Å². The standard InChI is InChI=1S/C15H16N2O3S/c1-10-2-3-12(9-14(10)16)17-21(18,19)13-4-5-15-11(8-13)6-7-20-15/h2-5,8-9,17H,6-7,16H2,1H3. The van der Waals surface area contributed by atoms with Crippen LogP contribution in [0.2, 0.25) is 0 Å². The summed E-state index contributed by atoms with van der Waals surface area (Å²) in [6, 6.07) is 9.99. The maximum atomic E-state index is 12.4. The third-order valence-corrected chi connectivity index (χ3v) is 4.88. The van der Waals surface area contributed by atoms with Gasteiger partial charge in [-0.3, -0.25) is 4.72 Å². The Bertz CT molecular complexity index is 801. The SMILES string of the molecule is Cc1ccc(NS(=O)(=O)c2ccc3c(c2)CCO3)cc1N. The van der Waals surface area contributed by atoms with Crippen LogP contribution >= 0.6 is 0 Å². The van der Waals surface area contributed by atoms with E-state index in [0.717, 1.165) is 23.3 Å². The van der Waals surface area contributed by atoms with Crippen LogP contribution in [-0.4, -0.2) is 15.0 Å². The van der Waals surface area contributed by atoms with Gasteiger partial charge >= 0.3 is 0 Å². The van der Waals surface area contributed by atoms with Gasteiger partial charge in [0.1, 0.15) is 5.75 Å². The number of nitrogen functional groups attached to an aromatic ring is 1. The van der Waals surface area contributed by atoms with Gasteiger partial charge in [-0.1, -0.05) is 6.07 Å². The zero-order valence-corrected chi connectivity index (χ0v) is 12.4. The van der Waals surface area contributed by atoms with Crippen molar-refractivity contribution in [2.75, 3.05) is 17.1 Å². The molecule has 0 amide bonds. The van der Waals surface area contributed by atoms with Gasteiger partial charge in [0.25, 0.3) is 10.0 Å². The lowest BCUT2D eigenvalue weighted by Gasteiger charge is -2.10. The van der Waals surface area contributed by atoms with Crippen LogP contribution in [-0.2, 0) is 16.4 Å². The van der Waals surface area contributed by atoms with Crippen molar-refractivity contribution in [1.82, 2.24) is 0 Å². The molecule has 2 aromatic rings. The Morgan fingerprint density at radius 3 is 2.76 bits per heavy atom. The molecule has 5 nitrogen and oxygen atoms in total. The smallest absolute Gasteiger partial charge is 0.261 e. The number of hydrogen-bond donors (Lipinski definition) is 2. The molecule has 0 spiro atoms. The number of benzene rings is 2. The van der Waals surface area contributed by atoms with Gasteiger partial charge in [-0.15, -0.1) is 0 Å². The minimum Gasteiger partial charge on any atom is -0.493 e. The van der Waals surface area contributed by atoms with Crippen LogP contribution in [0.5, 0.6) is 5.75 Å². The second-order valence-corrected chi connectivity index (χ2v) is 6.73. The van der Waals surface area contributed by atoms with Crippen molar-refractivity contribution in [2.24, 2.45) is 0 Å². The molecule has 0 radical (unpaired) electrons. The fourth-order valence-electron chi connectivity index (χ4n) is 2.25. The predicted octanol–water partition coefficient (Wildman–Crippen LogP) is 2.31. The summed E-state index contributed by atoms with van der Waals surface area (Å²) in [5, 5.41) is 0. The fraction of sp³-hybridized carbons (Fsp3) is 0.200. The molecule has 0 saturated heterocycles. The van der Waals surface area contributed by atoms with Crippen molar-refractivity contribution in [3.05, 3.63) is 47.5 Å². The molecule has 0 atom stereocenters. The molecule has 0 aliphatic carbocycles. The average molecular weight is 304 g/mol. The number of hydrogen-bond acceptors (Lipinski definition) is 4. The first-order valence-electron chi connectivity index (χ1n) is 6.60. The highest BCUT2D eigenvalue weighted by Crippen LogP contribution is 2.28. The first-order valence-corrected chi connectivity index (χ1v) is 8.09. The second kappa shape index (κ2) is 4.96. The summed E-state index contributed by atoms with van der Waals surface area (Å²) in [7, 11) is -3.63. The maximum absolute atomic E-state index is 12.4. The molecule has 0 aromatic heterocycles. The molecule has 21 heavy (non-hydrogen) atoms. The number of rotatable bonds is 3. The number of nitrogens with one attached hydrogen (secondary N) is 1. The first kappa shape index (κ1) is 13.8. The van der Waals surface area contributed by atoms with E-state index >= 15 is 0 Å². The van der Waals surface area contributed by atoms with Gasteiger partial charge in [0.15, 0.2) is 0 Å². The van der Waals surface area contributed by atoms with Crippen LogP contribution in [0, 0.1) is 6.92 Å². The minimum absolute atomic E-state index is 0.228. The normalized spacial score (nSPS) is 13.6. The topological polar surface area (TPSA) is 81.4 Å². The molecule has 0 fully saturated rings. The maximum Gasteiger partial charge on any atom is 0.261 e. The Balaban J connectivity index is 1.91. The largest absolute Gasteiger partial charge is 0.493 e. The van der Waals surface area contributed by atoms with Crippen LogP contribution in [0.25, 0.3) is 0 Å². The molecular formula is C15H16N2O3S. The molecule has 6 heteroatoms. The second-order valence-electron chi connectivity index (χ2n) is 5.04. The molecular weight excluding hydrogens is 288 g/mol. The summed E-state index contributed by atoms with van der Waals surface area (Å²) in [6.45, 7) is 2.47. The summed E-state index contributed by atoms with van der Waals surface area (Å²) >= 11 is 0. The number of aryl methyl sites for hydroxylation is 1. The van der Waals surface area contributed by atoms with E-state index in [2.05, 4.69) is 4.72 Å². The summed E-state index contributed by atoms with van der Waals surface area (Å²) < 4.78 is 32.7. The van der Waals surface area contributed by atoms with Gasteiger partial charge in [0.2, 0.25) is 0 Å². The van der Waals surface area contributed by atoms with Gasteiger partial charge in [-0.05, 0) is 48.4 Å². The fourth-order valence-corrected chi connectivity index (χ4v) is 3.35. The molecule has 3 rings (SSSR count). The Morgan fingerprint density at radius 1 is 1.19 bits per heavy atom. The highest BCUT2D eigenvalue weighted by Gasteiger charge is 2.19. The molecule has 1 heterocycles. The van der Waals surface area contributed by atoms with Gasteiger partial charge in [-0.2, -0.15) is 0 Å². The molecule has 110 valence electrons. The zero-order chi connectivity index (χ0) is 15.0. The van der Waals surface area contributed by atoms with Crippen LogP contribution in [0.4, 0.5) is 11.4 Å². The van der Waals surface area contributed by atoms with E-state index in [1.54, 1.807) is 36.4 Å². The van der Waals surface area contributed by atoms with Crippen LogP contribution in [0.15, 0.2) is 41.3 Å². The van der Waals surface area contributed by atoms with Crippen molar-refractivity contribution >= 4 is 21.4 Å². The monoisotopic (exact) mass is 304 g/mol. The number of fused-ring (bicyclic) bond motifs is 1. The summed E-state index contributed by atoms with van der Waals surface area (Å²) in [5.74, 6) is 0.758. The zero-order valence-electron chi connectivity index (χ0n) is 11.6. The molecule has 1 aliphatic rings. The highest BCUT2D eigenvalue weighted by atomic mass is 32.2. The molecule has 1 aliphatic heterocycles. The van der Waals surface area contributed by atoms with E-state index < -0.39 is 10.0 Å². The van der Waals surface area contributed by atoms with E-state index in [-0.39, 0.29) is 4.90 Å². The number of anilines is 2. The van der Waals surface area contributed by atoms with Crippen molar-refractivity contribution in [3.8, 4) is 5.75 Å². The summed E-state index contributed by atoms with van der Waals surface area (Å²) in [5.41, 5.74) is 8.64. The lowest BCUT2D eigenvalue weighted by atomic mass is 10.2. The molecule has 0 unspecified atom stereocenters. The Morgan fingerprint density at radius 2 is 2.00 bits per heavy atom. The summed E-state index contributed by atoms with van der Waals surface area (Å²) in [4.78, 5) is 0.228. The van der Waals surface area contributed by atoms with Crippen LogP contribution in [0.1, 0.15) is 11.1 Å². The van der Waals surface area contributed by atoms with Crippen molar-refractivity contribution < 1.29 is 13.2 Å². The van der Waals surface area contributed by atoms with Crippen molar-refractivity contribution in [2.45, 2.75) is 18.2 Å². The van der Waals surface area contributed by atoms with E-state index in [1.807, 2.05) is 6.92 Å². The Hall–Kier alpha value is -2.21. The van der Waals surface area contributed by atoms with Gasteiger partial charge in [-0.25, -0.2) is 8.42 Å². The van der Waals surface area contributed by atoms with Gasteiger partial charge in [0, 0.05) is 12.1 Å². The number of sulfonamides is 1. The molecule has 0 bridgehead atoms. The van der Waals surface area contributed by atoms with Crippen LogP contribution < -0.4 is 15.2 Å². The minimum atomic E-state index is -3.63. The third-order valence-electron chi connectivity index (χ3n) is 3.50. The number of ether oxygens (including phenoxy) is 1. The van der Waals surface area contributed by atoms with Crippen molar-refractivity contribution in [1.29, 1.82) is 0 Å². The van der Waals surface area contributed by atoms with Gasteiger partial charge in [0.05, 0.1) is 17.2 Å². The summed E-state index contributed by atoms with van der Waals surface area (Å²) in [6.07, 6.45) is 0.732. The Kier molecular flexibility index (Phi) is 3.25. The average Bonchev–Trinajstić information content (AvgIpc) is 2.90. The van der Waals surface area contributed by atoms with E-state index in [9.17, 15) is 8.42 Å². The predicted molar refractivity (Wildman–Crippen MR) is 82.0 cm³/mol.